The second-order valence-corrected chi connectivity index (χ2v) is 5.38. The fourth-order valence-corrected chi connectivity index (χ4v) is 2.43. The van der Waals surface area contributed by atoms with Gasteiger partial charge in [0.1, 0.15) is 0 Å². The first-order valence-corrected chi connectivity index (χ1v) is 5.92. The van der Waals surface area contributed by atoms with Crippen LogP contribution in [0, 0.1) is 0 Å². The smallest absolute Gasteiger partial charge is 0.277 e. The second-order valence-electron chi connectivity index (χ2n) is 3.65. The van der Waals surface area contributed by atoms with Crippen molar-refractivity contribution in [1.29, 1.82) is 0 Å². The Morgan fingerprint density at radius 2 is 1.56 bits per heavy atom. The number of hydrogen-bond donors (Lipinski definition) is 6. The Bertz CT molecular complexity index is 315. The molecule has 0 heterocycles. The summed E-state index contributed by atoms with van der Waals surface area (Å²) in [6.07, 6.45) is 0. The SMILES string of the molecule is CNNC(C)(CO)C(CO)(CO)S(=O)(=O)O. The van der Waals surface area contributed by atoms with Crippen molar-refractivity contribution in [1.82, 2.24) is 10.9 Å². The molecule has 8 nitrogen and oxygen atoms in total. The van der Waals surface area contributed by atoms with Gasteiger partial charge in [-0.25, -0.2) is 5.43 Å². The molecule has 0 aromatic heterocycles. The molecular weight excluding hydrogens is 240 g/mol. The number of hydrogen-bond acceptors (Lipinski definition) is 7. The van der Waals surface area contributed by atoms with Crippen LogP contribution in [0.2, 0.25) is 0 Å². The van der Waals surface area contributed by atoms with Crippen molar-refractivity contribution in [3.05, 3.63) is 0 Å². The van der Waals surface area contributed by atoms with Crippen molar-refractivity contribution in [2.45, 2.75) is 17.2 Å². The van der Waals surface area contributed by atoms with Crippen LogP contribution < -0.4 is 10.9 Å². The van der Waals surface area contributed by atoms with Crippen molar-refractivity contribution in [3.8, 4) is 0 Å². The third-order valence-electron chi connectivity index (χ3n) is 2.73. The van der Waals surface area contributed by atoms with Gasteiger partial charge in [0.15, 0.2) is 4.75 Å². The lowest BCUT2D eigenvalue weighted by Gasteiger charge is -2.43. The Labute approximate surface area is 94.0 Å². The first-order chi connectivity index (χ1) is 7.24. The Hall–Kier alpha value is -0.290. The van der Waals surface area contributed by atoms with Crippen LogP contribution in [0.5, 0.6) is 0 Å². The average Bonchev–Trinajstić information content (AvgIpc) is 2.18. The number of rotatable bonds is 7. The van der Waals surface area contributed by atoms with Gasteiger partial charge in [0.2, 0.25) is 0 Å². The lowest BCUT2D eigenvalue weighted by molar-refractivity contribution is 0.0461. The molecule has 0 fully saturated rings. The van der Waals surface area contributed by atoms with Gasteiger partial charge in [-0.05, 0) is 14.0 Å². The maximum Gasteiger partial charge on any atom is 0.277 e. The summed E-state index contributed by atoms with van der Waals surface area (Å²) in [6, 6.07) is 0. The highest BCUT2D eigenvalue weighted by molar-refractivity contribution is 7.87. The molecule has 0 saturated heterocycles. The first-order valence-electron chi connectivity index (χ1n) is 4.48. The standard InChI is InChI=1S/C7H18N2O6S/c1-6(3-10,9-8-2)7(4-11,5-12)16(13,14)15/h8-12H,3-5H2,1-2H3,(H,13,14,15). The van der Waals surface area contributed by atoms with Crippen LogP contribution in [0.4, 0.5) is 0 Å². The van der Waals surface area contributed by atoms with E-state index in [0.29, 0.717) is 0 Å². The highest BCUT2D eigenvalue weighted by atomic mass is 32.2. The molecule has 0 aromatic carbocycles. The van der Waals surface area contributed by atoms with Crippen LogP contribution in [0.15, 0.2) is 0 Å². The lowest BCUT2D eigenvalue weighted by Crippen LogP contribution is -2.72. The molecule has 0 aliphatic rings. The fourth-order valence-electron chi connectivity index (χ4n) is 1.42. The Morgan fingerprint density at radius 3 is 1.75 bits per heavy atom. The highest BCUT2D eigenvalue weighted by Gasteiger charge is 2.56. The number of hydrazine groups is 1. The molecule has 6 N–H and O–H groups in total. The van der Waals surface area contributed by atoms with E-state index in [1.54, 1.807) is 0 Å². The van der Waals surface area contributed by atoms with Gasteiger partial charge in [-0.2, -0.15) is 8.42 Å². The Kier molecular flexibility index (Phi) is 5.26. The van der Waals surface area contributed by atoms with Gasteiger partial charge in [-0.1, -0.05) is 0 Å². The average molecular weight is 258 g/mol. The summed E-state index contributed by atoms with van der Waals surface area (Å²) in [5, 5.41) is 27.4. The fraction of sp³-hybridized carbons (Fsp3) is 1.00. The van der Waals surface area contributed by atoms with E-state index in [1.165, 1.54) is 14.0 Å². The van der Waals surface area contributed by atoms with Crippen LogP contribution >= 0.6 is 0 Å². The minimum Gasteiger partial charge on any atom is -0.394 e. The third-order valence-corrected chi connectivity index (χ3v) is 4.42. The minimum atomic E-state index is -4.78. The van der Waals surface area contributed by atoms with E-state index < -0.39 is 40.2 Å². The van der Waals surface area contributed by atoms with Crippen molar-refractivity contribution in [3.63, 3.8) is 0 Å². The summed E-state index contributed by atoms with van der Waals surface area (Å²) in [6.45, 7) is -1.58. The predicted octanol–water partition coefficient (Wildman–Crippen LogP) is -2.93. The molecule has 1 unspecified atom stereocenters. The van der Waals surface area contributed by atoms with Crippen molar-refractivity contribution in [2.24, 2.45) is 0 Å². The van der Waals surface area contributed by atoms with Gasteiger partial charge in [-0.3, -0.25) is 9.98 Å². The van der Waals surface area contributed by atoms with Gasteiger partial charge in [0, 0.05) is 0 Å². The molecule has 16 heavy (non-hydrogen) atoms. The zero-order chi connectivity index (χ0) is 13.0. The van der Waals surface area contributed by atoms with Crippen molar-refractivity contribution in [2.75, 3.05) is 26.9 Å². The van der Waals surface area contributed by atoms with Gasteiger partial charge >= 0.3 is 0 Å². The van der Waals surface area contributed by atoms with E-state index in [1.807, 2.05) is 0 Å². The molecule has 0 amide bonds. The second kappa shape index (κ2) is 5.36. The van der Waals surface area contributed by atoms with E-state index in [-0.39, 0.29) is 0 Å². The van der Waals surface area contributed by atoms with Crippen LogP contribution in [0.1, 0.15) is 6.92 Å². The molecule has 9 heteroatoms. The van der Waals surface area contributed by atoms with Crippen LogP contribution in [0.25, 0.3) is 0 Å². The van der Waals surface area contributed by atoms with Gasteiger partial charge in [0.05, 0.1) is 25.4 Å². The molecule has 0 aliphatic carbocycles. The molecule has 0 bridgehead atoms. The molecule has 0 radical (unpaired) electrons. The number of aliphatic hydroxyl groups is 3. The van der Waals surface area contributed by atoms with E-state index in [9.17, 15) is 13.5 Å². The van der Waals surface area contributed by atoms with E-state index >= 15 is 0 Å². The van der Waals surface area contributed by atoms with Crippen molar-refractivity contribution >= 4 is 10.1 Å². The van der Waals surface area contributed by atoms with E-state index in [4.69, 9.17) is 14.8 Å². The quantitative estimate of drug-likeness (QED) is 0.211. The van der Waals surface area contributed by atoms with E-state index in [0.717, 1.165) is 0 Å². The minimum absolute atomic E-state index is 0.727. The monoisotopic (exact) mass is 258 g/mol. The zero-order valence-electron chi connectivity index (χ0n) is 9.13. The molecule has 0 aromatic rings. The summed E-state index contributed by atoms with van der Waals surface area (Å²) in [7, 11) is -3.37. The van der Waals surface area contributed by atoms with Crippen LogP contribution in [0.3, 0.4) is 0 Å². The molecule has 0 rings (SSSR count). The maximum absolute atomic E-state index is 11.3. The zero-order valence-corrected chi connectivity index (χ0v) is 9.95. The van der Waals surface area contributed by atoms with Crippen LogP contribution in [-0.4, -0.2) is 65.4 Å². The first kappa shape index (κ1) is 15.7. The highest BCUT2D eigenvalue weighted by Crippen LogP contribution is 2.29. The van der Waals surface area contributed by atoms with Gasteiger partial charge < -0.3 is 15.3 Å². The summed E-state index contributed by atoms with van der Waals surface area (Å²) in [5.74, 6) is 0. The largest absolute Gasteiger partial charge is 0.394 e. The Morgan fingerprint density at radius 1 is 1.12 bits per heavy atom. The Balaban J connectivity index is 5.66. The lowest BCUT2D eigenvalue weighted by atomic mass is 9.87. The molecular formula is C7H18N2O6S. The molecule has 1 atom stereocenters. The third kappa shape index (κ3) is 2.35. The van der Waals surface area contributed by atoms with E-state index in [2.05, 4.69) is 10.9 Å². The van der Waals surface area contributed by atoms with Gasteiger partial charge in [0.25, 0.3) is 10.1 Å². The molecule has 0 saturated carbocycles. The predicted molar refractivity (Wildman–Crippen MR) is 56.1 cm³/mol. The molecule has 0 aliphatic heterocycles. The topological polar surface area (TPSA) is 139 Å². The van der Waals surface area contributed by atoms with Gasteiger partial charge in [-0.15, -0.1) is 0 Å². The summed E-state index contributed by atoms with van der Waals surface area (Å²) < 4.78 is 29.3. The van der Waals surface area contributed by atoms with Crippen molar-refractivity contribution < 1.29 is 28.3 Å². The normalized spacial score (nSPS) is 17.1. The summed E-state index contributed by atoms with van der Waals surface area (Å²) in [4.78, 5) is 0. The summed E-state index contributed by atoms with van der Waals surface area (Å²) in [5.41, 5.74) is 3.14. The maximum atomic E-state index is 11.3. The molecule has 98 valence electrons. The number of nitrogens with one attached hydrogen (secondary N) is 2. The van der Waals surface area contributed by atoms with Crippen LogP contribution in [-0.2, 0) is 10.1 Å². The summed E-state index contributed by atoms with van der Waals surface area (Å²) >= 11 is 0. The molecule has 0 spiro atoms. The number of aliphatic hydroxyl groups excluding tert-OH is 3.